The van der Waals surface area contributed by atoms with Crippen LogP contribution in [0.2, 0.25) is 0 Å². The third-order valence-corrected chi connectivity index (χ3v) is 6.51. The van der Waals surface area contributed by atoms with E-state index in [1.807, 2.05) is 31.2 Å². The number of nitrogens with one attached hydrogen (secondary N) is 1. The summed E-state index contributed by atoms with van der Waals surface area (Å²) in [4.78, 5) is 16.3. The topological polar surface area (TPSA) is 63.6 Å². The van der Waals surface area contributed by atoms with Crippen molar-refractivity contribution in [2.24, 2.45) is 0 Å². The molecule has 31 heavy (non-hydrogen) atoms. The fraction of sp³-hybridized carbons (Fsp3) is 0.320. The number of nitrogens with zero attached hydrogens (tertiary/aromatic N) is 3. The molecule has 160 valence electrons. The maximum Gasteiger partial charge on any atom is 0.191 e. The van der Waals surface area contributed by atoms with Crippen LogP contribution in [-0.4, -0.2) is 31.3 Å². The summed E-state index contributed by atoms with van der Waals surface area (Å²) >= 11 is 1.44. The number of carbonyl (C=O) groups is 1. The molecule has 1 N–H and O–H groups in total. The van der Waals surface area contributed by atoms with Crippen molar-refractivity contribution in [3.63, 3.8) is 0 Å². The Morgan fingerprint density at radius 3 is 2.45 bits per heavy atom. The molecule has 4 rings (SSSR count). The molecule has 2 heterocycles. The first kappa shape index (κ1) is 21.4. The highest BCUT2D eigenvalue weighted by Gasteiger charge is 2.19. The van der Waals surface area contributed by atoms with Crippen molar-refractivity contribution in [3.8, 4) is 11.4 Å². The predicted molar refractivity (Wildman–Crippen MR) is 128 cm³/mol. The monoisotopic (exact) mass is 432 g/mol. The van der Waals surface area contributed by atoms with Crippen molar-refractivity contribution in [3.05, 3.63) is 65.4 Å². The van der Waals surface area contributed by atoms with Crippen LogP contribution in [0.3, 0.4) is 0 Å². The Balaban J connectivity index is 1.55. The van der Waals surface area contributed by atoms with E-state index in [1.54, 1.807) is 0 Å². The molecule has 0 aliphatic heterocycles. The van der Waals surface area contributed by atoms with Gasteiger partial charge in [0.2, 0.25) is 0 Å². The first-order valence-electron chi connectivity index (χ1n) is 10.6. The number of benzene rings is 2. The van der Waals surface area contributed by atoms with Crippen molar-refractivity contribution in [1.29, 1.82) is 0 Å². The number of thioether (sulfide) groups is 1. The lowest BCUT2D eigenvalue weighted by atomic mass is 9.87. The van der Waals surface area contributed by atoms with E-state index in [0.717, 1.165) is 45.2 Å². The summed E-state index contributed by atoms with van der Waals surface area (Å²) in [5.74, 6) is 1.26. The van der Waals surface area contributed by atoms with Crippen LogP contribution in [0.5, 0.6) is 0 Å². The lowest BCUT2D eigenvalue weighted by Gasteiger charge is -2.19. The molecule has 0 fully saturated rings. The van der Waals surface area contributed by atoms with E-state index in [9.17, 15) is 4.79 Å². The number of fused-ring (bicyclic) bond motifs is 1. The van der Waals surface area contributed by atoms with Crippen LogP contribution in [0.4, 0.5) is 0 Å². The summed E-state index contributed by atoms with van der Waals surface area (Å²) < 4.78 is 2.08. The number of aromatic amines is 1. The summed E-state index contributed by atoms with van der Waals surface area (Å²) in [5.41, 5.74) is 5.10. The molecule has 2 aromatic carbocycles. The maximum absolute atomic E-state index is 13.0. The van der Waals surface area contributed by atoms with Gasteiger partial charge in [0.25, 0.3) is 0 Å². The van der Waals surface area contributed by atoms with Crippen molar-refractivity contribution >= 4 is 28.4 Å². The first-order valence-corrected chi connectivity index (χ1v) is 11.6. The average Bonchev–Trinajstić information content (AvgIpc) is 3.31. The van der Waals surface area contributed by atoms with Crippen LogP contribution in [0.15, 0.2) is 53.7 Å². The number of aromatic nitrogens is 4. The Hall–Kier alpha value is -2.86. The highest BCUT2D eigenvalue weighted by Crippen LogP contribution is 2.29. The predicted octanol–water partition coefficient (Wildman–Crippen LogP) is 6.03. The Labute approximate surface area is 187 Å². The maximum atomic E-state index is 13.0. The highest BCUT2D eigenvalue weighted by molar-refractivity contribution is 7.99. The number of para-hydroxylation sites is 1. The number of hydrogen-bond donors (Lipinski definition) is 1. The van der Waals surface area contributed by atoms with Crippen molar-refractivity contribution in [2.45, 2.75) is 51.7 Å². The molecule has 0 saturated heterocycles. The molecule has 0 unspecified atom stereocenters. The van der Waals surface area contributed by atoms with Crippen LogP contribution in [0.25, 0.3) is 22.3 Å². The van der Waals surface area contributed by atoms with Gasteiger partial charge in [-0.3, -0.25) is 4.79 Å². The number of rotatable bonds is 6. The molecule has 2 aromatic heterocycles. The van der Waals surface area contributed by atoms with E-state index in [0.29, 0.717) is 5.75 Å². The number of ketones is 1. The molecule has 6 heteroatoms. The molecule has 0 atom stereocenters. The third-order valence-electron chi connectivity index (χ3n) is 5.55. The average molecular weight is 433 g/mol. The first-order chi connectivity index (χ1) is 14.8. The lowest BCUT2D eigenvalue weighted by Crippen LogP contribution is -2.10. The summed E-state index contributed by atoms with van der Waals surface area (Å²) in [7, 11) is 0. The second-order valence-corrected chi connectivity index (χ2v) is 9.70. The molecule has 0 saturated carbocycles. The zero-order valence-corrected chi connectivity index (χ0v) is 19.5. The molecule has 0 bridgehead atoms. The normalized spacial score (nSPS) is 11.9. The molecule has 4 aromatic rings. The summed E-state index contributed by atoms with van der Waals surface area (Å²) in [6.07, 6.45) is 0. The Morgan fingerprint density at radius 2 is 1.77 bits per heavy atom. The summed E-state index contributed by atoms with van der Waals surface area (Å²) in [6, 6.07) is 16.4. The van der Waals surface area contributed by atoms with Gasteiger partial charge in [0.15, 0.2) is 16.8 Å². The van der Waals surface area contributed by atoms with E-state index in [2.05, 4.69) is 71.7 Å². The number of aryl methyl sites for hydroxylation is 1. The van der Waals surface area contributed by atoms with E-state index in [1.165, 1.54) is 17.3 Å². The van der Waals surface area contributed by atoms with Gasteiger partial charge in [0, 0.05) is 34.3 Å². The summed E-state index contributed by atoms with van der Waals surface area (Å²) in [5, 5.41) is 10.6. The fourth-order valence-electron chi connectivity index (χ4n) is 3.85. The zero-order valence-electron chi connectivity index (χ0n) is 18.7. The highest BCUT2D eigenvalue weighted by atomic mass is 32.2. The molecule has 0 spiro atoms. The number of H-pyrrole nitrogens is 1. The zero-order chi connectivity index (χ0) is 22.2. The molecule has 5 nitrogen and oxygen atoms in total. The van der Waals surface area contributed by atoms with E-state index < -0.39 is 0 Å². The van der Waals surface area contributed by atoms with Crippen LogP contribution in [0.1, 0.15) is 49.3 Å². The molecule has 0 radical (unpaired) electrons. The van der Waals surface area contributed by atoms with Crippen LogP contribution in [0, 0.1) is 6.92 Å². The number of hydrogen-bond acceptors (Lipinski definition) is 4. The molecule has 0 aliphatic rings. The van der Waals surface area contributed by atoms with Crippen LogP contribution in [-0.2, 0) is 12.0 Å². The minimum Gasteiger partial charge on any atom is -0.358 e. The fourth-order valence-corrected chi connectivity index (χ4v) is 4.73. The van der Waals surface area contributed by atoms with Gasteiger partial charge in [-0.05, 0) is 30.9 Å². The Morgan fingerprint density at radius 1 is 1.06 bits per heavy atom. The molecule has 0 aliphatic carbocycles. The van der Waals surface area contributed by atoms with Crippen molar-refractivity contribution in [2.75, 3.05) is 5.75 Å². The van der Waals surface area contributed by atoms with Gasteiger partial charge in [-0.15, -0.1) is 10.2 Å². The quantitative estimate of drug-likeness (QED) is 0.299. The molecular weight excluding hydrogens is 404 g/mol. The van der Waals surface area contributed by atoms with E-state index in [4.69, 9.17) is 0 Å². The van der Waals surface area contributed by atoms with Gasteiger partial charge in [-0.1, -0.05) is 75.0 Å². The van der Waals surface area contributed by atoms with Gasteiger partial charge in [-0.25, -0.2) is 0 Å². The smallest absolute Gasteiger partial charge is 0.191 e. The molecular formula is C25H28N4OS. The second kappa shape index (κ2) is 8.35. The largest absolute Gasteiger partial charge is 0.358 e. The van der Waals surface area contributed by atoms with Crippen LogP contribution >= 0.6 is 11.8 Å². The van der Waals surface area contributed by atoms with E-state index in [-0.39, 0.29) is 11.2 Å². The van der Waals surface area contributed by atoms with Gasteiger partial charge in [0.1, 0.15) is 0 Å². The van der Waals surface area contributed by atoms with Gasteiger partial charge in [0.05, 0.1) is 5.75 Å². The van der Waals surface area contributed by atoms with Gasteiger partial charge >= 0.3 is 0 Å². The Kier molecular flexibility index (Phi) is 5.75. The standard InChI is InChI=1S/C25H28N4OS/c1-6-29-23(17-11-13-18(14-12-17)25(3,4)5)27-28-24(29)31-15-21(30)22-16(2)26-20-10-8-7-9-19(20)22/h7-14,26H,6,15H2,1-5H3. The van der Waals surface area contributed by atoms with Crippen molar-refractivity contribution in [1.82, 2.24) is 19.7 Å². The SMILES string of the molecule is CCn1c(SCC(=O)c2c(C)[nH]c3ccccc23)nnc1-c1ccc(C(C)(C)C)cc1. The Bertz CT molecular complexity index is 1230. The number of Topliss-reactive ketones (excluding diaryl/α,β-unsaturated/α-hetero) is 1. The summed E-state index contributed by atoms with van der Waals surface area (Å²) in [6.45, 7) is 11.4. The molecule has 0 amide bonds. The van der Waals surface area contributed by atoms with E-state index >= 15 is 0 Å². The minimum absolute atomic E-state index is 0.0988. The minimum atomic E-state index is 0.0988. The second-order valence-electron chi connectivity index (χ2n) is 8.76. The van der Waals surface area contributed by atoms with Gasteiger partial charge < -0.3 is 9.55 Å². The van der Waals surface area contributed by atoms with Crippen molar-refractivity contribution < 1.29 is 4.79 Å². The third kappa shape index (κ3) is 4.17. The number of carbonyl (C=O) groups excluding carboxylic acids is 1. The van der Waals surface area contributed by atoms with Gasteiger partial charge in [-0.2, -0.15) is 0 Å². The lowest BCUT2D eigenvalue weighted by molar-refractivity contribution is 0.102. The van der Waals surface area contributed by atoms with Crippen LogP contribution < -0.4 is 0 Å².